The standard InChI is InChI=1S/C6H12N2O2S/c1-4-10-6(9)5(11-3)8-7-2/h7H,4H2,1-3H3/b8-5-. The van der Waals surface area contributed by atoms with E-state index in [1.807, 2.05) is 0 Å². The second-order valence-electron chi connectivity index (χ2n) is 1.57. The first-order chi connectivity index (χ1) is 5.26. The maximum absolute atomic E-state index is 11.0. The van der Waals surface area contributed by atoms with Crippen LogP contribution in [0.5, 0.6) is 0 Å². The monoisotopic (exact) mass is 176 g/mol. The van der Waals surface area contributed by atoms with Crippen LogP contribution in [0.25, 0.3) is 0 Å². The minimum atomic E-state index is -0.380. The van der Waals surface area contributed by atoms with Crippen molar-refractivity contribution in [1.29, 1.82) is 0 Å². The van der Waals surface area contributed by atoms with Gasteiger partial charge in [-0.1, -0.05) is 0 Å². The summed E-state index contributed by atoms with van der Waals surface area (Å²) in [6.45, 7) is 2.14. The Hall–Kier alpha value is -0.710. The highest BCUT2D eigenvalue weighted by Gasteiger charge is 2.09. The fourth-order valence-electron chi connectivity index (χ4n) is 0.469. The molecular formula is C6H12N2O2S. The average Bonchev–Trinajstić information content (AvgIpc) is 2.00. The number of nitrogens with zero attached hydrogens (tertiary/aromatic N) is 1. The highest BCUT2D eigenvalue weighted by molar-refractivity contribution is 8.15. The van der Waals surface area contributed by atoms with E-state index in [1.165, 1.54) is 11.8 Å². The lowest BCUT2D eigenvalue weighted by Crippen LogP contribution is -2.16. The lowest BCUT2D eigenvalue weighted by atomic mass is 10.7. The highest BCUT2D eigenvalue weighted by Crippen LogP contribution is 1.99. The zero-order valence-corrected chi connectivity index (χ0v) is 7.70. The second-order valence-corrected chi connectivity index (χ2v) is 2.36. The smallest absolute Gasteiger partial charge is 0.365 e. The van der Waals surface area contributed by atoms with Crippen LogP contribution < -0.4 is 5.43 Å². The number of rotatable bonds is 2. The minimum absolute atomic E-state index is 0.342. The number of carbonyl (C=O) groups is 1. The van der Waals surface area contributed by atoms with Crippen LogP contribution in [0.15, 0.2) is 5.10 Å². The number of thioether (sulfide) groups is 1. The van der Waals surface area contributed by atoms with E-state index in [0.29, 0.717) is 11.7 Å². The second kappa shape index (κ2) is 6.03. The van der Waals surface area contributed by atoms with Gasteiger partial charge >= 0.3 is 5.97 Å². The molecule has 0 spiro atoms. The van der Waals surface area contributed by atoms with Gasteiger partial charge in [-0.05, 0) is 13.2 Å². The predicted octanol–water partition coefficient (Wildman–Crippen LogP) is 0.445. The molecule has 0 saturated heterocycles. The summed E-state index contributed by atoms with van der Waals surface area (Å²) in [7, 11) is 1.63. The Balaban J connectivity index is 4.03. The van der Waals surface area contributed by atoms with Crippen molar-refractivity contribution < 1.29 is 9.53 Å². The van der Waals surface area contributed by atoms with Crippen molar-refractivity contribution in [3.05, 3.63) is 0 Å². The van der Waals surface area contributed by atoms with E-state index < -0.39 is 0 Å². The van der Waals surface area contributed by atoms with E-state index in [1.54, 1.807) is 20.2 Å². The number of hydrogen-bond acceptors (Lipinski definition) is 5. The summed E-state index contributed by atoms with van der Waals surface area (Å²) in [5.41, 5.74) is 2.52. The van der Waals surface area contributed by atoms with Crippen LogP contribution in [0.2, 0.25) is 0 Å². The van der Waals surface area contributed by atoms with Crippen molar-refractivity contribution in [2.24, 2.45) is 5.10 Å². The Morgan fingerprint density at radius 3 is 2.73 bits per heavy atom. The number of hydrogen-bond donors (Lipinski definition) is 1. The summed E-state index contributed by atoms with van der Waals surface area (Å²) in [6, 6.07) is 0. The Labute approximate surface area is 70.4 Å². The van der Waals surface area contributed by atoms with Crippen LogP contribution in [0.1, 0.15) is 6.92 Å². The van der Waals surface area contributed by atoms with Crippen molar-refractivity contribution in [3.63, 3.8) is 0 Å². The third-order valence-electron chi connectivity index (χ3n) is 0.857. The van der Waals surface area contributed by atoms with E-state index in [4.69, 9.17) is 4.74 Å². The van der Waals surface area contributed by atoms with Gasteiger partial charge in [-0.3, -0.25) is 0 Å². The van der Waals surface area contributed by atoms with Gasteiger partial charge in [0.15, 0.2) is 0 Å². The van der Waals surface area contributed by atoms with E-state index >= 15 is 0 Å². The average molecular weight is 176 g/mol. The largest absolute Gasteiger partial charge is 0.461 e. The van der Waals surface area contributed by atoms with Crippen molar-refractivity contribution in [2.75, 3.05) is 19.9 Å². The molecule has 1 N–H and O–H groups in total. The van der Waals surface area contributed by atoms with Crippen LogP contribution in [0.4, 0.5) is 0 Å². The lowest BCUT2D eigenvalue weighted by molar-refractivity contribution is -0.134. The summed E-state index contributed by atoms with van der Waals surface area (Å²) < 4.78 is 4.72. The van der Waals surface area contributed by atoms with Crippen molar-refractivity contribution >= 4 is 22.8 Å². The molecule has 11 heavy (non-hydrogen) atoms. The van der Waals surface area contributed by atoms with Gasteiger partial charge in [-0.2, -0.15) is 5.10 Å². The first kappa shape index (κ1) is 10.3. The van der Waals surface area contributed by atoms with Gasteiger partial charge in [0, 0.05) is 7.05 Å². The van der Waals surface area contributed by atoms with Crippen LogP contribution in [-0.4, -0.2) is 30.9 Å². The first-order valence-corrected chi connectivity index (χ1v) is 4.44. The van der Waals surface area contributed by atoms with Gasteiger partial charge in [-0.25, -0.2) is 4.79 Å². The minimum Gasteiger partial charge on any atom is -0.461 e. The molecule has 0 aliphatic carbocycles. The maximum Gasteiger partial charge on any atom is 0.365 e. The molecule has 0 amide bonds. The van der Waals surface area contributed by atoms with Crippen LogP contribution >= 0.6 is 11.8 Å². The molecule has 4 nitrogen and oxygen atoms in total. The molecule has 0 unspecified atom stereocenters. The summed E-state index contributed by atoms with van der Waals surface area (Å²) in [5, 5.41) is 4.06. The van der Waals surface area contributed by atoms with Gasteiger partial charge in [0.05, 0.1) is 6.61 Å². The van der Waals surface area contributed by atoms with Gasteiger partial charge in [0.2, 0.25) is 5.04 Å². The number of nitrogens with one attached hydrogen (secondary N) is 1. The fourth-order valence-corrected chi connectivity index (χ4v) is 0.877. The third kappa shape index (κ3) is 3.87. The SMILES string of the molecule is CCOC(=O)/C(=N/NC)SC. The molecular weight excluding hydrogens is 164 g/mol. The zero-order valence-electron chi connectivity index (χ0n) is 6.88. The number of esters is 1. The molecule has 0 aromatic carbocycles. The molecule has 0 aliphatic rings. The number of hydrazone groups is 1. The third-order valence-corrected chi connectivity index (χ3v) is 1.50. The van der Waals surface area contributed by atoms with E-state index in [9.17, 15) is 4.79 Å². The van der Waals surface area contributed by atoms with Gasteiger partial charge in [-0.15, -0.1) is 11.8 Å². The molecule has 5 heteroatoms. The molecule has 0 aromatic heterocycles. The zero-order chi connectivity index (χ0) is 8.69. The van der Waals surface area contributed by atoms with Crippen LogP contribution in [-0.2, 0) is 9.53 Å². The Morgan fingerprint density at radius 2 is 2.36 bits per heavy atom. The van der Waals surface area contributed by atoms with Gasteiger partial charge in [0.25, 0.3) is 0 Å². The Kier molecular flexibility index (Phi) is 5.64. The summed E-state index contributed by atoms with van der Waals surface area (Å²) in [5.74, 6) is -0.380. The molecule has 0 saturated carbocycles. The van der Waals surface area contributed by atoms with Gasteiger partial charge in [0.1, 0.15) is 0 Å². The summed E-state index contributed by atoms with van der Waals surface area (Å²) >= 11 is 1.26. The predicted molar refractivity (Wildman–Crippen MR) is 46.6 cm³/mol. The molecule has 0 fully saturated rings. The maximum atomic E-state index is 11.0. The van der Waals surface area contributed by atoms with Crippen molar-refractivity contribution in [3.8, 4) is 0 Å². The number of ether oxygens (including phenoxy) is 1. The fraction of sp³-hybridized carbons (Fsp3) is 0.667. The van der Waals surface area contributed by atoms with E-state index in [2.05, 4.69) is 10.5 Å². The summed E-state index contributed by atoms with van der Waals surface area (Å²) in [6.07, 6.45) is 1.77. The molecule has 0 aliphatic heterocycles. The van der Waals surface area contributed by atoms with E-state index in [-0.39, 0.29) is 5.97 Å². The summed E-state index contributed by atoms with van der Waals surface area (Å²) in [4.78, 5) is 11.0. The molecule has 0 aromatic rings. The molecule has 0 heterocycles. The Bertz CT molecular complexity index is 159. The van der Waals surface area contributed by atoms with Crippen LogP contribution in [0.3, 0.4) is 0 Å². The van der Waals surface area contributed by atoms with Crippen molar-refractivity contribution in [1.82, 2.24) is 5.43 Å². The molecule has 0 rings (SSSR count). The quantitative estimate of drug-likeness (QED) is 0.287. The topological polar surface area (TPSA) is 50.7 Å². The normalized spacial score (nSPS) is 11.0. The molecule has 64 valence electrons. The lowest BCUT2D eigenvalue weighted by Gasteiger charge is -2.01. The van der Waals surface area contributed by atoms with E-state index in [0.717, 1.165) is 0 Å². The highest BCUT2D eigenvalue weighted by atomic mass is 32.2. The van der Waals surface area contributed by atoms with Gasteiger partial charge < -0.3 is 10.2 Å². The number of carbonyl (C=O) groups excluding carboxylic acids is 1. The van der Waals surface area contributed by atoms with Crippen LogP contribution in [0, 0.1) is 0 Å². The Morgan fingerprint density at radius 1 is 1.73 bits per heavy atom. The first-order valence-electron chi connectivity index (χ1n) is 3.21. The molecule has 0 bridgehead atoms. The van der Waals surface area contributed by atoms with Crippen molar-refractivity contribution in [2.45, 2.75) is 6.92 Å². The molecule has 0 radical (unpaired) electrons. The molecule has 0 atom stereocenters.